The molecular weight excluding hydrogens is 354 g/mol. The number of aromatic nitrogens is 3. The molecule has 0 aliphatic carbocycles. The Morgan fingerprint density at radius 1 is 1.32 bits per heavy atom. The molecule has 2 aromatic heterocycles. The van der Waals surface area contributed by atoms with E-state index in [9.17, 15) is 9.59 Å². The standard InChI is InChI=1S/C21H19N5O2/c1-13-10-18-17(12-23-13)19(20(22)27)24-26(18)16-5-3-4-14(11-16)6-7-15-8-9-25(2)21(15)28/h3-5,10-12,15H,8-9H2,1-2H3,(H2,22,27). The van der Waals surface area contributed by atoms with Gasteiger partial charge in [-0.25, -0.2) is 4.68 Å². The predicted molar refractivity (Wildman–Crippen MR) is 105 cm³/mol. The quantitative estimate of drug-likeness (QED) is 0.691. The minimum absolute atomic E-state index is 0.0656. The van der Waals surface area contributed by atoms with Crippen LogP contribution in [0.2, 0.25) is 0 Å². The lowest BCUT2D eigenvalue weighted by molar-refractivity contribution is -0.128. The largest absolute Gasteiger partial charge is 0.364 e. The fraction of sp³-hybridized carbons (Fsp3) is 0.238. The minimum Gasteiger partial charge on any atom is -0.364 e. The first-order chi connectivity index (χ1) is 13.4. The number of rotatable bonds is 2. The van der Waals surface area contributed by atoms with E-state index in [1.54, 1.807) is 22.8 Å². The van der Waals surface area contributed by atoms with Gasteiger partial charge in [0.2, 0.25) is 5.91 Å². The molecule has 2 N–H and O–H groups in total. The van der Waals surface area contributed by atoms with Gasteiger partial charge in [0.1, 0.15) is 5.92 Å². The Hall–Kier alpha value is -3.66. The van der Waals surface area contributed by atoms with Gasteiger partial charge in [0, 0.05) is 31.0 Å². The minimum atomic E-state index is -0.603. The van der Waals surface area contributed by atoms with E-state index in [0.717, 1.165) is 35.4 Å². The van der Waals surface area contributed by atoms with Crippen molar-refractivity contribution in [3.05, 3.63) is 53.5 Å². The molecule has 3 aromatic rings. The molecule has 1 fully saturated rings. The summed E-state index contributed by atoms with van der Waals surface area (Å²) < 4.78 is 1.67. The summed E-state index contributed by atoms with van der Waals surface area (Å²) in [6, 6.07) is 9.37. The van der Waals surface area contributed by atoms with Crippen molar-refractivity contribution in [2.45, 2.75) is 13.3 Å². The second-order valence-electron chi connectivity index (χ2n) is 6.89. The van der Waals surface area contributed by atoms with Crippen LogP contribution >= 0.6 is 0 Å². The van der Waals surface area contributed by atoms with E-state index in [-0.39, 0.29) is 17.5 Å². The van der Waals surface area contributed by atoms with Crippen LogP contribution in [0.5, 0.6) is 0 Å². The van der Waals surface area contributed by atoms with E-state index in [1.807, 2.05) is 37.3 Å². The third kappa shape index (κ3) is 3.09. The Bertz CT molecular complexity index is 1170. The van der Waals surface area contributed by atoms with Crippen molar-refractivity contribution in [1.29, 1.82) is 0 Å². The molecule has 4 rings (SSSR count). The van der Waals surface area contributed by atoms with Crippen LogP contribution < -0.4 is 5.73 Å². The van der Waals surface area contributed by atoms with Crippen molar-refractivity contribution in [3.63, 3.8) is 0 Å². The molecule has 7 nitrogen and oxygen atoms in total. The third-order valence-corrected chi connectivity index (χ3v) is 4.84. The summed E-state index contributed by atoms with van der Waals surface area (Å²) in [5.41, 5.74) is 8.75. The number of benzene rings is 1. The molecule has 0 saturated carbocycles. The number of aryl methyl sites for hydroxylation is 1. The van der Waals surface area contributed by atoms with Gasteiger partial charge in [-0.2, -0.15) is 5.10 Å². The van der Waals surface area contributed by atoms with E-state index in [1.165, 1.54) is 0 Å². The average molecular weight is 373 g/mol. The number of hydrogen-bond donors (Lipinski definition) is 1. The molecule has 0 spiro atoms. The molecule has 7 heteroatoms. The van der Waals surface area contributed by atoms with Crippen molar-refractivity contribution in [2.75, 3.05) is 13.6 Å². The van der Waals surface area contributed by atoms with Crippen LogP contribution in [-0.4, -0.2) is 45.1 Å². The summed E-state index contributed by atoms with van der Waals surface area (Å²) in [4.78, 5) is 29.7. The van der Waals surface area contributed by atoms with Crippen LogP contribution in [0.25, 0.3) is 16.6 Å². The first kappa shape index (κ1) is 17.7. The molecule has 1 aliphatic heterocycles. The summed E-state index contributed by atoms with van der Waals surface area (Å²) in [5.74, 6) is 5.37. The second-order valence-corrected chi connectivity index (χ2v) is 6.89. The molecule has 0 radical (unpaired) electrons. The lowest BCUT2D eigenvalue weighted by Crippen LogP contribution is -2.21. The number of primary amides is 1. The highest BCUT2D eigenvalue weighted by Crippen LogP contribution is 2.23. The molecule has 1 aliphatic rings. The zero-order chi connectivity index (χ0) is 19.8. The number of pyridine rings is 1. The zero-order valence-electron chi connectivity index (χ0n) is 15.6. The van der Waals surface area contributed by atoms with E-state index >= 15 is 0 Å². The molecule has 1 aromatic carbocycles. The number of amides is 2. The van der Waals surface area contributed by atoms with Crippen molar-refractivity contribution >= 4 is 22.7 Å². The highest BCUT2D eigenvalue weighted by Gasteiger charge is 2.27. The van der Waals surface area contributed by atoms with Crippen molar-refractivity contribution in [3.8, 4) is 17.5 Å². The van der Waals surface area contributed by atoms with Gasteiger partial charge in [-0.3, -0.25) is 14.6 Å². The summed E-state index contributed by atoms with van der Waals surface area (Å²) in [6.45, 7) is 2.61. The summed E-state index contributed by atoms with van der Waals surface area (Å²) in [6.07, 6.45) is 2.36. The van der Waals surface area contributed by atoms with E-state index < -0.39 is 5.91 Å². The smallest absolute Gasteiger partial charge is 0.269 e. The number of carbonyl (C=O) groups excluding carboxylic acids is 2. The van der Waals surface area contributed by atoms with Crippen LogP contribution in [-0.2, 0) is 4.79 Å². The fourth-order valence-corrected chi connectivity index (χ4v) is 3.33. The number of hydrogen-bond acceptors (Lipinski definition) is 4. The van der Waals surface area contributed by atoms with Crippen molar-refractivity contribution in [2.24, 2.45) is 11.7 Å². The molecule has 1 atom stereocenters. The van der Waals surface area contributed by atoms with Gasteiger partial charge in [-0.15, -0.1) is 0 Å². The van der Waals surface area contributed by atoms with Crippen LogP contribution in [0.15, 0.2) is 36.5 Å². The highest BCUT2D eigenvalue weighted by molar-refractivity contribution is 6.04. The topological polar surface area (TPSA) is 94.1 Å². The first-order valence-electron chi connectivity index (χ1n) is 8.96. The van der Waals surface area contributed by atoms with Gasteiger partial charge >= 0.3 is 0 Å². The number of nitrogens with zero attached hydrogens (tertiary/aromatic N) is 4. The van der Waals surface area contributed by atoms with Crippen LogP contribution in [0, 0.1) is 24.7 Å². The van der Waals surface area contributed by atoms with Crippen molar-refractivity contribution in [1.82, 2.24) is 19.7 Å². The average Bonchev–Trinajstić information content (AvgIpc) is 3.21. The van der Waals surface area contributed by atoms with Gasteiger partial charge in [0.25, 0.3) is 5.91 Å². The summed E-state index contributed by atoms with van der Waals surface area (Å²) in [5, 5.41) is 5.00. The fourth-order valence-electron chi connectivity index (χ4n) is 3.33. The Labute approximate surface area is 162 Å². The number of nitrogens with two attached hydrogens (primary N) is 1. The number of fused-ring (bicyclic) bond motifs is 1. The number of carbonyl (C=O) groups is 2. The predicted octanol–water partition coefficient (Wildman–Crippen LogP) is 1.66. The SMILES string of the molecule is Cc1cc2c(cn1)c(C(N)=O)nn2-c1cccc(C#CC2CCN(C)C2=O)c1. The third-order valence-electron chi connectivity index (χ3n) is 4.84. The number of likely N-dealkylation sites (tertiary alicyclic amines) is 1. The Morgan fingerprint density at radius 3 is 2.86 bits per heavy atom. The van der Waals surface area contributed by atoms with Crippen LogP contribution in [0.3, 0.4) is 0 Å². The maximum absolute atomic E-state index is 12.0. The zero-order valence-corrected chi connectivity index (χ0v) is 15.6. The molecule has 2 amide bonds. The molecule has 140 valence electrons. The molecule has 28 heavy (non-hydrogen) atoms. The molecule has 3 heterocycles. The monoisotopic (exact) mass is 373 g/mol. The Morgan fingerprint density at radius 2 is 2.14 bits per heavy atom. The van der Waals surface area contributed by atoms with Crippen LogP contribution in [0.4, 0.5) is 0 Å². The van der Waals surface area contributed by atoms with Gasteiger partial charge < -0.3 is 10.6 Å². The Balaban J connectivity index is 1.76. The van der Waals surface area contributed by atoms with E-state index in [0.29, 0.717) is 5.39 Å². The van der Waals surface area contributed by atoms with E-state index in [2.05, 4.69) is 21.9 Å². The molecule has 0 bridgehead atoms. The second kappa shape index (κ2) is 6.82. The van der Waals surface area contributed by atoms with Crippen molar-refractivity contribution < 1.29 is 9.59 Å². The maximum Gasteiger partial charge on any atom is 0.269 e. The first-order valence-corrected chi connectivity index (χ1v) is 8.96. The van der Waals surface area contributed by atoms with Gasteiger partial charge in [0.15, 0.2) is 5.69 Å². The molecule has 1 saturated heterocycles. The Kier molecular flexibility index (Phi) is 4.32. The lowest BCUT2D eigenvalue weighted by atomic mass is 10.1. The van der Waals surface area contributed by atoms with Gasteiger partial charge in [-0.1, -0.05) is 17.9 Å². The molecular formula is C21H19N5O2. The summed E-state index contributed by atoms with van der Waals surface area (Å²) >= 11 is 0. The van der Waals surface area contributed by atoms with Gasteiger partial charge in [-0.05, 0) is 37.6 Å². The molecule has 1 unspecified atom stereocenters. The lowest BCUT2D eigenvalue weighted by Gasteiger charge is -2.06. The highest BCUT2D eigenvalue weighted by atomic mass is 16.2. The van der Waals surface area contributed by atoms with Gasteiger partial charge in [0.05, 0.1) is 16.6 Å². The maximum atomic E-state index is 12.0. The summed E-state index contributed by atoms with van der Waals surface area (Å²) in [7, 11) is 1.79. The normalized spacial score (nSPS) is 16.3. The van der Waals surface area contributed by atoms with E-state index in [4.69, 9.17) is 5.73 Å². The van der Waals surface area contributed by atoms with Crippen LogP contribution in [0.1, 0.15) is 28.2 Å².